The predicted octanol–water partition coefficient (Wildman–Crippen LogP) is 5.58. The van der Waals surface area contributed by atoms with E-state index in [9.17, 15) is 13.2 Å². The number of halogens is 2. The standard InChI is InChI=1S/C27H20Cl2N4O4S/c1-38(35,36)20-8-4-16(5-9-20)12-23(34)31-19-13-21(28)24(22(29)14-19)27(10-11-27)26-32-25(37-33-26)18-6-2-17(15-30)3-7-18/h2-9,13-14H,10-12H2,1H3,(H,31,34). The van der Waals surface area contributed by atoms with Gasteiger partial charge in [-0.1, -0.05) is 40.5 Å². The average Bonchev–Trinajstić information content (AvgIpc) is 3.49. The molecule has 11 heteroatoms. The fourth-order valence-electron chi connectivity index (χ4n) is 4.28. The van der Waals surface area contributed by atoms with Gasteiger partial charge in [-0.15, -0.1) is 0 Å². The minimum atomic E-state index is -3.31. The number of nitriles is 1. The van der Waals surface area contributed by atoms with Gasteiger partial charge in [0.2, 0.25) is 5.91 Å². The van der Waals surface area contributed by atoms with Crippen LogP contribution in [-0.4, -0.2) is 30.7 Å². The topological polar surface area (TPSA) is 126 Å². The zero-order valence-electron chi connectivity index (χ0n) is 20.0. The van der Waals surface area contributed by atoms with Gasteiger partial charge in [-0.25, -0.2) is 8.42 Å². The van der Waals surface area contributed by atoms with Crippen LogP contribution in [0.5, 0.6) is 0 Å². The molecule has 1 fully saturated rings. The summed E-state index contributed by atoms with van der Waals surface area (Å²) in [6.07, 6.45) is 2.64. The average molecular weight is 567 g/mol. The van der Waals surface area contributed by atoms with Crippen molar-refractivity contribution in [2.45, 2.75) is 29.6 Å². The Morgan fingerprint density at radius 1 is 1.08 bits per heavy atom. The maximum atomic E-state index is 12.6. The van der Waals surface area contributed by atoms with Crippen molar-refractivity contribution in [1.82, 2.24) is 10.1 Å². The smallest absolute Gasteiger partial charge is 0.257 e. The fourth-order valence-corrected chi connectivity index (χ4v) is 5.76. The van der Waals surface area contributed by atoms with Crippen LogP contribution in [0, 0.1) is 11.3 Å². The van der Waals surface area contributed by atoms with Gasteiger partial charge in [-0.3, -0.25) is 4.79 Å². The second-order valence-corrected chi connectivity index (χ2v) is 12.0. The molecule has 0 saturated heterocycles. The third-order valence-electron chi connectivity index (χ3n) is 6.39. The molecule has 0 bridgehead atoms. The summed E-state index contributed by atoms with van der Waals surface area (Å²) < 4.78 is 28.7. The first-order chi connectivity index (χ1) is 18.1. The van der Waals surface area contributed by atoms with Crippen molar-refractivity contribution in [1.29, 1.82) is 5.26 Å². The Balaban J connectivity index is 1.33. The summed E-state index contributed by atoms with van der Waals surface area (Å²) in [5, 5.41) is 16.7. The molecule has 0 radical (unpaired) electrons. The minimum absolute atomic E-state index is 0.0476. The zero-order valence-corrected chi connectivity index (χ0v) is 22.4. The molecule has 1 heterocycles. The van der Waals surface area contributed by atoms with Crippen molar-refractivity contribution in [3.05, 3.63) is 93.2 Å². The van der Waals surface area contributed by atoms with E-state index in [0.29, 0.717) is 49.7 Å². The third-order valence-corrected chi connectivity index (χ3v) is 8.11. The number of amides is 1. The molecule has 38 heavy (non-hydrogen) atoms. The molecule has 0 aliphatic heterocycles. The van der Waals surface area contributed by atoms with E-state index in [1.54, 1.807) is 48.5 Å². The van der Waals surface area contributed by atoms with Crippen molar-refractivity contribution in [3.8, 4) is 17.5 Å². The van der Waals surface area contributed by atoms with Crippen LogP contribution in [0.15, 0.2) is 70.1 Å². The number of benzene rings is 3. The van der Waals surface area contributed by atoms with Crippen LogP contribution < -0.4 is 5.32 Å². The number of carbonyl (C=O) groups excluding carboxylic acids is 1. The van der Waals surface area contributed by atoms with Crippen molar-refractivity contribution in [2.75, 3.05) is 11.6 Å². The SMILES string of the molecule is CS(=O)(=O)c1ccc(CC(=O)Nc2cc(Cl)c(C3(c4noc(-c5ccc(C#N)cc5)n4)CC3)c(Cl)c2)cc1. The van der Waals surface area contributed by atoms with Gasteiger partial charge in [-0.2, -0.15) is 10.2 Å². The Labute approximate surface area is 229 Å². The van der Waals surface area contributed by atoms with Gasteiger partial charge in [-0.05, 0) is 66.9 Å². The van der Waals surface area contributed by atoms with E-state index in [1.165, 1.54) is 12.1 Å². The monoisotopic (exact) mass is 566 g/mol. The molecule has 8 nitrogen and oxygen atoms in total. The van der Waals surface area contributed by atoms with Crippen LogP contribution in [-0.2, 0) is 26.5 Å². The molecule has 0 spiro atoms. The Morgan fingerprint density at radius 2 is 1.71 bits per heavy atom. The van der Waals surface area contributed by atoms with Gasteiger partial charge in [0.15, 0.2) is 15.7 Å². The number of nitrogens with zero attached hydrogens (tertiary/aromatic N) is 3. The molecule has 1 amide bonds. The van der Waals surface area contributed by atoms with E-state index in [1.807, 2.05) is 0 Å². The highest BCUT2D eigenvalue weighted by molar-refractivity contribution is 7.90. The Bertz CT molecular complexity index is 1670. The molecule has 4 aromatic rings. The molecule has 1 N–H and O–H groups in total. The van der Waals surface area contributed by atoms with E-state index in [0.717, 1.165) is 19.1 Å². The van der Waals surface area contributed by atoms with Gasteiger partial charge in [0, 0.05) is 33.1 Å². The number of hydrogen-bond donors (Lipinski definition) is 1. The minimum Gasteiger partial charge on any atom is -0.334 e. The van der Waals surface area contributed by atoms with Crippen molar-refractivity contribution in [3.63, 3.8) is 0 Å². The number of hydrogen-bond acceptors (Lipinski definition) is 7. The van der Waals surface area contributed by atoms with Crippen molar-refractivity contribution in [2.24, 2.45) is 0 Å². The zero-order chi connectivity index (χ0) is 27.1. The van der Waals surface area contributed by atoms with E-state index < -0.39 is 15.3 Å². The molecule has 1 aliphatic carbocycles. The largest absolute Gasteiger partial charge is 0.334 e. The quantitative estimate of drug-likeness (QED) is 0.309. The van der Waals surface area contributed by atoms with E-state index in [4.69, 9.17) is 33.0 Å². The maximum absolute atomic E-state index is 12.6. The van der Waals surface area contributed by atoms with Gasteiger partial charge >= 0.3 is 0 Å². The summed E-state index contributed by atoms with van der Waals surface area (Å²) >= 11 is 13.3. The van der Waals surface area contributed by atoms with Crippen LogP contribution in [0.25, 0.3) is 11.5 Å². The summed E-state index contributed by atoms with van der Waals surface area (Å²) in [4.78, 5) is 17.4. The molecular weight excluding hydrogens is 547 g/mol. The highest BCUT2D eigenvalue weighted by Crippen LogP contribution is 2.57. The first-order valence-corrected chi connectivity index (χ1v) is 14.2. The number of sulfone groups is 1. The summed E-state index contributed by atoms with van der Waals surface area (Å²) in [6.45, 7) is 0. The first kappa shape index (κ1) is 25.9. The van der Waals surface area contributed by atoms with Crippen molar-refractivity contribution < 1.29 is 17.7 Å². The third kappa shape index (κ3) is 5.16. The maximum Gasteiger partial charge on any atom is 0.257 e. The number of aromatic nitrogens is 2. The van der Waals surface area contributed by atoms with Crippen LogP contribution in [0.4, 0.5) is 5.69 Å². The number of carbonyl (C=O) groups is 1. The molecule has 5 rings (SSSR count). The second-order valence-electron chi connectivity index (χ2n) is 9.15. The summed E-state index contributed by atoms with van der Waals surface area (Å²) in [6, 6.07) is 18.3. The molecule has 1 aliphatic rings. The summed E-state index contributed by atoms with van der Waals surface area (Å²) in [5.41, 5.74) is 2.40. The lowest BCUT2D eigenvalue weighted by Crippen LogP contribution is -2.16. The molecule has 1 aromatic heterocycles. The molecule has 1 saturated carbocycles. The van der Waals surface area contributed by atoms with E-state index >= 15 is 0 Å². The van der Waals surface area contributed by atoms with Crippen LogP contribution >= 0.6 is 23.2 Å². The number of rotatable bonds is 7. The Morgan fingerprint density at radius 3 is 2.26 bits per heavy atom. The highest BCUT2D eigenvalue weighted by Gasteiger charge is 2.52. The number of anilines is 1. The highest BCUT2D eigenvalue weighted by atomic mass is 35.5. The van der Waals surface area contributed by atoms with Gasteiger partial charge < -0.3 is 9.84 Å². The summed E-state index contributed by atoms with van der Waals surface area (Å²) in [7, 11) is -3.31. The molecule has 192 valence electrons. The lowest BCUT2D eigenvalue weighted by Gasteiger charge is -2.17. The van der Waals surface area contributed by atoms with Crippen LogP contribution in [0.3, 0.4) is 0 Å². The van der Waals surface area contributed by atoms with Gasteiger partial charge in [0.05, 0.1) is 28.4 Å². The summed E-state index contributed by atoms with van der Waals surface area (Å²) in [5.74, 6) is 0.495. The van der Waals surface area contributed by atoms with E-state index in [-0.39, 0.29) is 17.2 Å². The number of nitrogens with one attached hydrogen (secondary N) is 1. The van der Waals surface area contributed by atoms with E-state index in [2.05, 4.69) is 21.5 Å². The van der Waals surface area contributed by atoms with Crippen LogP contribution in [0.1, 0.15) is 35.4 Å². The lowest BCUT2D eigenvalue weighted by molar-refractivity contribution is -0.115. The second kappa shape index (κ2) is 9.87. The Kier molecular flexibility index (Phi) is 6.73. The van der Waals surface area contributed by atoms with Crippen LogP contribution in [0.2, 0.25) is 10.0 Å². The predicted molar refractivity (Wildman–Crippen MR) is 143 cm³/mol. The fraction of sp³-hybridized carbons (Fsp3) is 0.185. The van der Waals surface area contributed by atoms with Gasteiger partial charge in [0.25, 0.3) is 5.89 Å². The van der Waals surface area contributed by atoms with Crippen molar-refractivity contribution >= 4 is 44.6 Å². The first-order valence-electron chi connectivity index (χ1n) is 11.5. The van der Waals surface area contributed by atoms with Gasteiger partial charge in [0.1, 0.15) is 0 Å². The Hall–Kier alpha value is -3.71. The molecule has 3 aromatic carbocycles. The molecule has 0 atom stereocenters. The molecule has 0 unspecified atom stereocenters. The molecular formula is C27H20Cl2N4O4S. The normalized spacial score (nSPS) is 14.1. The lowest BCUT2D eigenvalue weighted by atomic mass is 9.94.